The lowest BCUT2D eigenvalue weighted by atomic mass is 10.2. The SMILES string of the molecule is Cc1ccc(Nc2ncc(Cn3cncn3)s2)cc1. The minimum absolute atomic E-state index is 0.702. The number of hydrogen-bond acceptors (Lipinski definition) is 5. The number of hydrogen-bond donors (Lipinski definition) is 1. The van der Waals surface area contributed by atoms with E-state index in [1.807, 2.05) is 18.3 Å². The number of benzene rings is 1. The maximum atomic E-state index is 4.36. The monoisotopic (exact) mass is 271 g/mol. The second-order valence-electron chi connectivity index (χ2n) is 4.22. The zero-order chi connectivity index (χ0) is 13.1. The number of rotatable bonds is 4. The van der Waals surface area contributed by atoms with Crippen LogP contribution < -0.4 is 5.32 Å². The molecule has 0 aliphatic carbocycles. The van der Waals surface area contributed by atoms with Crippen LogP contribution >= 0.6 is 11.3 Å². The van der Waals surface area contributed by atoms with E-state index in [1.165, 1.54) is 11.9 Å². The minimum atomic E-state index is 0.702. The first kappa shape index (κ1) is 11.9. The van der Waals surface area contributed by atoms with Gasteiger partial charge in [0.1, 0.15) is 12.7 Å². The molecule has 2 aromatic heterocycles. The molecule has 3 aromatic rings. The second-order valence-corrected chi connectivity index (χ2v) is 5.33. The third-order valence-electron chi connectivity index (χ3n) is 2.64. The highest BCUT2D eigenvalue weighted by Crippen LogP contribution is 2.23. The van der Waals surface area contributed by atoms with Crippen LogP contribution in [-0.4, -0.2) is 19.7 Å². The standard InChI is InChI=1S/C13H13N5S/c1-10-2-4-11(5-3-10)17-13-15-6-12(19-13)7-18-9-14-8-16-18/h2-6,8-9H,7H2,1H3,(H,15,17). The normalized spacial score (nSPS) is 10.6. The van der Waals surface area contributed by atoms with E-state index < -0.39 is 0 Å². The lowest BCUT2D eigenvalue weighted by Gasteiger charge is -2.02. The molecule has 0 fully saturated rings. The molecule has 0 atom stereocenters. The van der Waals surface area contributed by atoms with Crippen molar-refractivity contribution in [2.45, 2.75) is 13.5 Å². The Morgan fingerprint density at radius 1 is 1.26 bits per heavy atom. The molecule has 6 heteroatoms. The summed E-state index contributed by atoms with van der Waals surface area (Å²) in [5.74, 6) is 0. The molecule has 0 unspecified atom stereocenters. The first-order valence-corrected chi connectivity index (χ1v) is 6.72. The molecule has 0 saturated carbocycles. The van der Waals surface area contributed by atoms with E-state index in [4.69, 9.17) is 0 Å². The predicted molar refractivity (Wildman–Crippen MR) is 75.7 cm³/mol. The Morgan fingerprint density at radius 2 is 2.11 bits per heavy atom. The Morgan fingerprint density at radius 3 is 2.84 bits per heavy atom. The van der Waals surface area contributed by atoms with Crippen molar-refractivity contribution in [2.24, 2.45) is 0 Å². The summed E-state index contributed by atoms with van der Waals surface area (Å²) in [6, 6.07) is 8.25. The fraction of sp³-hybridized carbons (Fsp3) is 0.154. The molecular weight excluding hydrogens is 258 g/mol. The van der Waals surface area contributed by atoms with Crippen molar-refractivity contribution >= 4 is 22.2 Å². The lowest BCUT2D eigenvalue weighted by Crippen LogP contribution is -1.97. The average molecular weight is 271 g/mol. The van der Waals surface area contributed by atoms with Gasteiger partial charge in [0.15, 0.2) is 5.13 Å². The van der Waals surface area contributed by atoms with Crippen LogP contribution in [0.4, 0.5) is 10.8 Å². The quantitative estimate of drug-likeness (QED) is 0.792. The highest BCUT2D eigenvalue weighted by Gasteiger charge is 2.03. The van der Waals surface area contributed by atoms with Crippen molar-refractivity contribution in [1.82, 2.24) is 19.7 Å². The lowest BCUT2D eigenvalue weighted by molar-refractivity contribution is 0.692. The molecule has 0 radical (unpaired) electrons. The predicted octanol–water partition coefficient (Wildman–Crippen LogP) is 2.83. The number of aryl methyl sites for hydroxylation is 1. The van der Waals surface area contributed by atoms with Crippen LogP contribution in [0.3, 0.4) is 0 Å². The molecule has 0 amide bonds. The maximum absolute atomic E-state index is 4.36. The summed E-state index contributed by atoms with van der Waals surface area (Å²) < 4.78 is 1.78. The van der Waals surface area contributed by atoms with Gasteiger partial charge in [-0.2, -0.15) is 5.10 Å². The Balaban J connectivity index is 1.69. The number of thiazole rings is 1. The summed E-state index contributed by atoms with van der Waals surface area (Å²) in [6.07, 6.45) is 5.10. The zero-order valence-corrected chi connectivity index (χ0v) is 11.3. The van der Waals surface area contributed by atoms with Crippen LogP contribution in [0.1, 0.15) is 10.4 Å². The molecule has 0 spiro atoms. The molecule has 96 valence electrons. The van der Waals surface area contributed by atoms with Crippen LogP contribution in [0.25, 0.3) is 0 Å². The number of anilines is 2. The van der Waals surface area contributed by atoms with Gasteiger partial charge in [-0.3, -0.25) is 0 Å². The molecule has 19 heavy (non-hydrogen) atoms. The summed E-state index contributed by atoms with van der Waals surface area (Å²) in [4.78, 5) is 9.42. The summed E-state index contributed by atoms with van der Waals surface area (Å²) in [6.45, 7) is 2.77. The van der Waals surface area contributed by atoms with Gasteiger partial charge in [0, 0.05) is 16.8 Å². The summed E-state index contributed by atoms with van der Waals surface area (Å²) >= 11 is 1.62. The van der Waals surface area contributed by atoms with Crippen molar-refractivity contribution < 1.29 is 0 Å². The number of nitrogens with zero attached hydrogens (tertiary/aromatic N) is 4. The summed E-state index contributed by atoms with van der Waals surface area (Å²) in [5, 5.41) is 8.26. The van der Waals surface area contributed by atoms with E-state index in [0.717, 1.165) is 15.7 Å². The minimum Gasteiger partial charge on any atom is -0.332 e. The van der Waals surface area contributed by atoms with Gasteiger partial charge in [-0.1, -0.05) is 29.0 Å². The zero-order valence-electron chi connectivity index (χ0n) is 10.4. The van der Waals surface area contributed by atoms with Crippen molar-refractivity contribution in [1.29, 1.82) is 0 Å². The van der Waals surface area contributed by atoms with Gasteiger partial charge in [-0.15, -0.1) is 0 Å². The molecule has 0 bridgehead atoms. The van der Waals surface area contributed by atoms with Crippen molar-refractivity contribution in [3.63, 3.8) is 0 Å². The van der Waals surface area contributed by atoms with E-state index >= 15 is 0 Å². The molecule has 1 N–H and O–H groups in total. The Bertz CT molecular complexity index is 642. The van der Waals surface area contributed by atoms with Gasteiger partial charge < -0.3 is 5.32 Å². The van der Waals surface area contributed by atoms with Crippen LogP contribution in [0.5, 0.6) is 0 Å². The fourth-order valence-corrected chi connectivity index (χ4v) is 2.50. The third-order valence-corrected chi connectivity index (χ3v) is 3.54. The Labute approximate surface area is 115 Å². The van der Waals surface area contributed by atoms with E-state index in [1.54, 1.807) is 22.3 Å². The van der Waals surface area contributed by atoms with Crippen LogP contribution in [0.15, 0.2) is 43.1 Å². The average Bonchev–Trinajstić information content (AvgIpc) is 3.05. The first-order valence-electron chi connectivity index (χ1n) is 5.90. The molecule has 5 nitrogen and oxygen atoms in total. The number of nitrogens with one attached hydrogen (secondary N) is 1. The largest absolute Gasteiger partial charge is 0.332 e. The van der Waals surface area contributed by atoms with Crippen LogP contribution in [-0.2, 0) is 6.54 Å². The van der Waals surface area contributed by atoms with Gasteiger partial charge in [0.05, 0.1) is 6.54 Å². The number of aromatic nitrogens is 4. The van der Waals surface area contributed by atoms with Crippen LogP contribution in [0, 0.1) is 6.92 Å². The van der Waals surface area contributed by atoms with Crippen molar-refractivity contribution in [3.05, 3.63) is 53.6 Å². The molecular formula is C13H13N5S. The highest BCUT2D eigenvalue weighted by atomic mass is 32.1. The first-order chi connectivity index (χ1) is 9.29. The highest BCUT2D eigenvalue weighted by molar-refractivity contribution is 7.15. The second kappa shape index (κ2) is 5.19. The Kier molecular flexibility index (Phi) is 3.24. The molecule has 2 heterocycles. The summed E-state index contributed by atoms with van der Waals surface area (Å²) in [5.41, 5.74) is 2.30. The van der Waals surface area contributed by atoms with E-state index in [9.17, 15) is 0 Å². The van der Waals surface area contributed by atoms with Gasteiger partial charge in [-0.05, 0) is 19.1 Å². The van der Waals surface area contributed by atoms with E-state index in [0.29, 0.717) is 6.54 Å². The third kappa shape index (κ3) is 2.97. The molecule has 0 aliphatic heterocycles. The fourth-order valence-electron chi connectivity index (χ4n) is 1.67. The van der Waals surface area contributed by atoms with Crippen LogP contribution in [0.2, 0.25) is 0 Å². The smallest absolute Gasteiger partial charge is 0.187 e. The van der Waals surface area contributed by atoms with Crippen molar-refractivity contribution in [2.75, 3.05) is 5.32 Å². The van der Waals surface area contributed by atoms with Gasteiger partial charge in [0.2, 0.25) is 0 Å². The van der Waals surface area contributed by atoms with Crippen molar-refractivity contribution in [3.8, 4) is 0 Å². The van der Waals surface area contributed by atoms with Gasteiger partial charge >= 0.3 is 0 Å². The topological polar surface area (TPSA) is 55.6 Å². The molecule has 1 aromatic carbocycles. The maximum Gasteiger partial charge on any atom is 0.187 e. The molecule has 0 saturated heterocycles. The molecule has 0 aliphatic rings. The molecule has 3 rings (SSSR count). The van der Waals surface area contributed by atoms with Gasteiger partial charge in [-0.25, -0.2) is 14.6 Å². The summed E-state index contributed by atoms with van der Waals surface area (Å²) in [7, 11) is 0. The van der Waals surface area contributed by atoms with Gasteiger partial charge in [0.25, 0.3) is 0 Å². The van der Waals surface area contributed by atoms with E-state index in [-0.39, 0.29) is 0 Å². The Hall–Kier alpha value is -2.21. The van der Waals surface area contributed by atoms with E-state index in [2.05, 4.69) is 39.4 Å².